The second-order valence-corrected chi connectivity index (χ2v) is 10.1. The molecule has 0 amide bonds. The minimum atomic E-state index is -4.55. The van der Waals surface area contributed by atoms with Gasteiger partial charge in [0.2, 0.25) is 10.4 Å². The molecule has 2 rings (SSSR count). The summed E-state index contributed by atoms with van der Waals surface area (Å²) in [6.45, 7) is 17.1. The number of hydrogen-bond donors (Lipinski definition) is 1. The Morgan fingerprint density at radius 1 is 0.900 bits per heavy atom. The number of nitrogens with one attached hydrogen (secondary N) is 1. The molecule has 2 saturated heterocycles. The van der Waals surface area contributed by atoms with Gasteiger partial charge in [-0.2, -0.15) is 0 Å². The third-order valence-corrected chi connectivity index (χ3v) is 6.90. The van der Waals surface area contributed by atoms with Gasteiger partial charge in [0.25, 0.3) is 0 Å². The van der Waals surface area contributed by atoms with Gasteiger partial charge in [0.1, 0.15) is 0 Å². The van der Waals surface area contributed by atoms with Crippen LogP contribution in [-0.4, -0.2) is 74.4 Å². The van der Waals surface area contributed by atoms with Gasteiger partial charge >= 0.3 is 0 Å². The minimum Gasteiger partial charge on any atom is -0.726 e. The summed E-state index contributed by atoms with van der Waals surface area (Å²) in [7, 11) is -4.55. The number of unbranched alkanes of at least 4 members (excludes halogenated alkanes) is 4. The Morgan fingerprint density at radius 3 is 1.73 bits per heavy atom. The van der Waals surface area contributed by atoms with Crippen LogP contribution in [0, 0.1) is 5.92 Å². The summed E-state index contributed by atoms with van der Waals surface area (Å²) in [5.41, 5.74) is 3.08. The van der Waals surface area contributed by atoms with Gasteiger partial charge in [0.15, 0.2) is 0 Å². The zero-order chi connectivity index (χ0) is 22.5. The normalized spacial score (nSPS) is 23.8. The molecule has 1 N–H and O–H groups in total. The predicted octanol–water partition coefficient (Wildman–Crippen LogP) is 3.68. The van der Waals surface area contributed by atoms with Crippen LogP contribution in [0.4, 0.5) is 0 Å². The zero-order valence-electron chi connectivity index (χ0n) is 19.9. The number of hydrazine groups is 1. The lowest BCUT2D eigenvalue weighted by molar-refractivity contribution is -0.929. The fraction of sp³-hybridized carbons (Fsp3) is 1.00. The summed E-state index contributed by atoms with van der Waals surface area (Å²) < 4.78 is 36.9. The standard InChI is InChI=1S/C16H36N.C6H12N2O4S/c1-5-9-13-17(14-10-6-2,15-11-7-3)16-12-8-4;9-13(10,11)12-6-4-8-3-5(6)1-2-7-8/h5-16H2,1-4H3;5-7H,1-4H2,(H,9,10,11)/q+1;/p-1. The Bertz CT molecular complexity index is 507. The van der Waals surface area contributed by atoms with E-state index in [1.807, 2.05) is 5.01 Å². The summed E-state index contributed by atoms with van der Waals surface area (Å²) in [6.07, 6.45) is 11.5. The molecule has 0 radical (unpaired) electrons. The maximum Gasteiger partial charge on any atom is 0.217 e. The largest absolute Gasteiger partial charge is 0.726 e. The highest BCUT2D eigenvalue weighted by atomic mass is 32.3. The van der Waals surface area contributed by atoms with Crippen LogP contribution in [0.5, 0.6) is 0 Å². The lowest BCUT2D eigenvalue weighted by atomic mass is 10.0. The van der Waals surface area contributed by atoms with E-state index in [4.69, 9.17) is 0 Å². The van der Waals surface area contributed by atoms with Gasteiger partial charge in [-0.1, -0.05) is 53.4 Å². The fourth-order valence-corrected chi connectivity index (χ4v) is 5.08. The molecule has 8 heteroatoms. The Labute approximate surface area is 186 Å². The summed E-state index contributed by atoms with van der Waals surface area (Å²) in [6, 6.07) is 0. The summed E-state index contributed by atoms with van der Waals surface area (Å²) in [4.78, 5) is 0. The molecule has 0 aromatic heterocycles. The van der Waals surface area contributed by atoms with Crippen LogP contribution >= 0.6 is 0 Å². The van der Waals surface area contributed by atoms with E-state index in [1.165, 1.54) is 82.0 Å². The second-order valence-electron chi connectivity index (χ2n) is 9.06. The van der Waals surface area contributed by atoms with Crippen molar-refractivity contribution in [2.24, 2.45) is 5.92 Å². The Morgan fingerprint density at radius 2 is 1.37 bits per heavy atom. The molecule has 2 heterocycles. The molecule has 2 bridgehead atoms. The molecule has 2 aliphatic rings. The van der Waals surface area contributed by atoms with Gasteiger partial charge in [-0.3, -0.25) is 9.61 Å². The molecule has 0 aromatic carbocycles. The maximum atomic E-state index is 10.4. The van der Waals surface area contributed by atoms with Gasteiger partial charge in [0.05, 0.1) is 32.3 Å². The first-order valence-corrected chi connectivity index (χ1v) is 13.6. The van der Waals surface area contributed by atoms with E-state index in [0.29, 0.717) is 6.54 Å². The van der Waals surface area contributed by atoms with Crippen molar-refractivity contribution in [2.45, 2.75) is 91.6 Å². The highest BCUT2D eigenvalue weighted by Gasteiger charge is 2.37. The lowest BCUT2D eigenvalue weighted by Crippen LogP contribution is -2.50. The molecule has 3 unspecified atom stereocenters. The van der Waals surface area contributed by atoms with Gasteiger partial charge < -0.3 is 9.04 Å². The Balaban J connectivity index is 0.000000308. The highest BCUT2D eigenvalue weighted by Crippen LogP contribution is 2.25. The quantitative estimate of drug-likeness (QED) is 0.247. The minimum absolute atomic E-state index is 0.171. The first kappa shape index (κ1) is 27.8. The second kappa shape index (κ2) is 14.7. The van der Waals surface area contributed by atoms with Gasteiger partial charge in [-0.15, -0.1) is 0 Å². The van der Waals surface area contributed by atoms with E-state index in [0.717, 1.165) is 19.5 Å². The molecule has 0 aromatic rings. The number of nitrogens with zero attached hydrogens (tertiary/aromatic N) is 2. The molecular weight excluding hydrogens is 402 g/mol. The van der Waals surface area contributed by atoms with Crippen LogP contribution in [0.3, 0.4) is 0 Å². The molecule has 2 aliphatic heterocycles. The fourth-order valence-electron chi connectivity index (χ4n) is 4.56. The number of rotatable bonds is 14. The molecule has 7 nitrogen and oxygen atoms in total. The average molecular weight is 450 g/mol. The van der Waals surface area contributed by atoms with Crippen molar-refractivity contribution in [1.82, 2.24) is 10.4 Å². The van der Waals surface area contributed by atoms with Crippen molar-refractivity contribution in [3.8, 4) is 0 Å². The number of fused-ring (bicyclic) bond motifs is 2. The molecular formula is C22H47N3O4S. The van der Waals surface area contributed by atoms with Crippen LogP contribution in [0.15, 0.2) is 0 Å². The van der Waals surface area contributed by atoms with Gasteiger partial charge in [-0.05, 0) is 32.1 Å². The third kappa shape index (κ3) is 10.9. The maximum absolute atomic E-state index is 10.4. The van der Waals surface area contributed by atoms with E-state index < -0.39 is 16.5 Å². The first-order chi connectivity index (χ1) is 14.3. The van der Waals surface area contributed by atoms with Crippen LogP contribution in [0.2, 0.25) is 0 Å². The monoisotopic (exact) mass is 449 g/mol. The lowest BCUT2D eigenvalue weighted by Gasteiger charge is -2.39. The SMILES string of the molecule is CCCC[N+](CCCC)(CCCC)CCCC.O=S(=O)([O-])OC1CN2CC1CCN2. The predicted molar refractivity (Wildman–Crippen MR) is 122 cm³/mol. The van der Waals surface area contributed by atoms with Crippen molar-refractivity contribution < 1.29 is 21.6 Å². The summed E-state index contributed by atoms with van der Waals surface area (Å²) in [5, 5.41) is 1.89. The average Bonchev–Trinajstić information content (AvgIpc) is 2.98. The van der Waals surface area contributed by atoms with Crippen molar-refractivity contribution in [3.63, 3.8) is 0 Å². The van der Waals surface area contributed by atoms with Crippen molar-refractivity contribution in [2.75, 3.05) is 45.8 Å². The molecule has 30 heavy (non-hydrogen) atoms. The Hall–Kier alpha value is -0.250. The topological polar surface area (TPSA) is 81.7 Å². The molecule has 180 valence electrons. The van der Waals surface area contributed by atoms with E-state index >= 15 is 0 Å². The number of hydrogen-bond acceptors (Lipinski definition) is 6. The summed E-state index contributed by atoms with van der Waals surface area (Å²) in [5.74, 6) is 0.171. The zero-order valence-corrected chi connectivity index (χ0v) is 20.7. The highest BCUT2D eigenvalue weighted by molar-refractivity contribution is 7.80. The Kier molecular flexibility index (Phi) is 13.7. The van der Waals surface area contributed by atoms with E-state index in [1.54, 1.807) is 0 Å². The van der Waals surface area contributed by atoms with Crippen LogP contribution in [0.1, 0.15) is 85.5 Å². The van der Waals surface area contributed by atoms with Crippen LogP contribution in [-0.2, 0) is 14.6 Å². The van der Waals surface area contributed by atoms with E-state index in [-0.39, 0.29) is 5.92 Å². The molecule has 3 atom stereocenters. The van der Waals surface area contributed by atoms with Crippen molar-refractivity contribution >= 4 is 10.4 Å². The smallest absolute Gasteiger partial charge is 0.217 e. The molecule has 0 spiro atoms. The summed E-state index contributed by atoms with van der Waals surface area (Å²) >= 11 is 0. The van der Waals surface area contributed by atoms with Crippen LogP contribution < -0.4 is 5.43 Å². The van der Waals surface area contributed by atoms with E-state index in [9.17, 15) is 13.0 Å². The molecule has 0 saturated carbocycles. The van der Waals surface area contributed by atoms with Crippen molar-refractivity contribution in [3.05, 3.63) is 0 Å². The molecule has 0 aliphatic carbocycles. The number of quaternary nitrogens is 1. The first-order valence-electron chi connectivity index (χ1n) is 12.3. The van der Waals surface area contributed by atoms with Crippen molar-refractivity contribution in [1.29, 1.82) is 0 Å². The van der Waals surface area contributed by atoms with Gasteiger partial charge in [0, 0.05) is 25.6 Å². The molecule has 2 fully saturated rings. The third-order valence-electron chi connectivity index (χ3n) is 6.42. The van der Waals surface area contributed by atoms with E-state index in [2.05, 4.69) is 37.3 Å². The van der Waals surface area contributed by atoms with Gasteiger partial charge in [-0.25, -0.2) is 13.4 Å². The van der Waals surface area contributed by atoms with Crippen LogP contribution in [0.25, 0.3) is 0 Å².